The number of aromatic nitrogens is 5. The summed E-state index contributed by atoms with van der Waals surface area (Å²) >= 11 is 0. The Balaban J connectivity index is 1.32. The van der Waals surface area contributed by atoms with Crippen molar-refractivity contribution in [2.45, 2.75) is 49.9 Å². The van der Waals surface area contributed by atoms with Crippen LogP contribution in [0.3, 0.4) is 0 Å². The van der Waals surface area contributed by atoms with Gasteiger partial charge in [0, 0.05) is 38.2 Å². The Morgan fingerprint density at radius 2 is 1.68 bits per heavy atom. The van der Waals surface area contributed by atoms with E-state index in [9.17, 15) is 47.2 Å². The first-order valence-corrected chi connectivity index (χ1v) is 15.0. The van der Waals surface area contributed by atoms with Crippen LogP contribution in [0, 0.1) is 5.92 Å². The van der Waals surface area contributed by atoms with Crippen molar-refractivity contribution in [3.8, 4) is 28.8 Å². The first kappa shape index (κ1) is 34.5. The lowest BCUT2D eigenvalue weighted by molar-refractivity contribution is -0.174. The standard InChI is InChI=1S/C32H29F5N6O7/c1-31(33,34)24-13-39-28(42-24)19-11-21(23(12-38-19)50-22-10-17(29(47)48)25(44)27(46)26(22)45)49-16-7-8-20-18(9-16)41-30(43(20)2)40-15-5-3-14(4-6-15)32(35,36)37/h3-9,11-13,17,22,25-27,44-46H,10H2,1-2H3,(H,39,42)(H,40,41)(H,47,48). The number of halogens is 5. The van der Waals surface area contributed by atoms with Crippen molar-refractivity contribution in [1.29, 1.82) is 0 Å². The molecule has 1 fully saturated rings. The first-order chi connectivity index (χ1) is 23.5. The van der Waals surface area contributed by atoms with E-state index in [1.165, 1.54) is 24.3 Å². The van der Waals surface area contributed by atoms with Crippen molar-refractivity contribution < 1.29 is 56.6 Å². The molecule has 1 saturated carbocycles. The van der Waals surface area contributed by atoms with Crippen molar-refractivity contribution in [1.82, 2.24) is 24.5 Å². The van der Waals surface area contributed by atoms with Crippen LogP contribution in [0.15, 0.2) is 60.9 Å². The molecule has 0 amide bonds. The summed E-state index contributed by atoms with van der Waals surface area (Å²) in [6.45, 7) is 0.687. The quantitative estimate of drug-likeness (QED) is 0.114. The van der Waals surface area contributed by atoms with Gasteiger partial charge in [0.1, 0.15) is 35.4 Å². The van der Waals surface area contributed by atoms with Crippen LogP contribution < -0.4 is 14.8 Å². The summed E-state index contributed by atoms with van der Waals surface area (Å²) in [6, 6.07) is 10.5. The second kappa shape index (κ2) is 12.8. The number of aliphatic hydroxyl groups excluding tert-OH is 3. The lowest BCUT2D eigenvalue weighted by Gasteiger charge is -2.38. The Kier molecular flexibility index (Phi) is 8.87. The van der Waals surface area contributed by atoms with Crippen molar-refractivity contribution >= 4 is 28.6 Å². The van der Waals surface area contributed by atoms with Gasteiger partial charge in [-0.1, -0.05) is 0 Å². The maximum Gasteiger partial charge on any atom is 0.416 e. The number of rotatable bonds is 9. The third kappa shape index (κ3) is 6.89. The lowest BCUT2D eigenvalue weighted by Crippen LogP contribution is -2.57. The first-order valence-electron chi connectivity index (χ1n) is 15.0. The highest BCUT2D eigenvalue weighted by molar-refractivity contribution is 5.81. The molecular weight excluding hydrogens is 675 g/mol. The van der Waals surface area contributed by atoms with Gasteiger partial charge in [-0.2, -0.15) is 22.0 Å². The van der Waals surface area contributed by atoms with Crippen molar-refractivity contribution in [2.24, 2.45) is 13.0 Å². The van der Waals surface area contributed by atoms with E-state index in [1.807, 2.05) is 0 Å². The molecule has 1 aliphatic carbocycles. The molecule has 0 radical (unpaired) electrons. The van der Waals surface area contributed by atoms with Gasteiger partial charge in [0.15, 0.2) is 17.3 Å². The van der Waals surface area contributed by atoms with Crippen molar-refractivity contribution in [3.63, 3.8) is 0 Å². The fraction of sp³-hybridized carbons (Fsp3) is 0.312. The van der Waals surface area contributed by atoms with Gasteiger partial charge in [0.05, 0.1) is 41.0 Å². The number of pyridine rings is 1. The SMILES string of the molecule is Cn1c(Nc2ccc(C(F)(F)F)cc2)nc2cc(Oc3cc(-c4ncc(C(C)(F)F)[nH]4)ncc3OC3CC(C(=O)O)C(O)C(O)C3O)ccc21. The van der Waals surface area contributed by atoms with Gasteiger partial charge in [0.2, 0.25) is 5.95 Å². The number of H-pyrrole nitrogens is 1. The number of aromatic amines is 1. The van der Waals surface area contributed by atoms with Crippen LogP contribution >= 0.6 is 0 Å². The highest BCUT2D eigenvalue weighted by Gasteiger charge is 2.47. The predicted molar refractivity (Wildman–Crippen MR) is 165 cm³/mol. The van der Waals surface area contributed by atoms with Crippen LogP contribution in [0.4, 0.5) is 33.6 Å². The molecule has 50 heavy (non-hydrogen) atoms. The molecular formula is C32H29F5N6O7. The zero-order valence-corrected chi connectivity index (χ0v) is 26.1. The second-order valence-corrected chi connectivity index (χ2v) is 11.8. The van der Waals surface area contributed by atoms with Crippen molar-refractivity contribution in [2.75, 3.05) is 5.32 Å². The van der Waals surface area contributed by atoms with Crippen molar-refractivity contribution in [3.05, 3.63) is 72.2 Å². The summed E-state index contributed by atoms with van der Waals surface area (Å²) in [6.07, 6.45) is -9.43. The van der Waals surface area contributed by atoms with Gasteiger partial charge in [-0.05, 0) is 36.4 Å². The average molecular weight is 705 g/mol. The van der Waals surface area contributed by atoms with Gasteiger partial charge >= 0.3 is 12.1 Å². The summed E-state index contributed by atoms with van der Waals surface area (Å²) in [5.41, 5.74) is 0.139. The van der Waals surface area contributed by atoms with Gasteiger partial charge in [-0.15, -0.1) is 0 Å². The average Bonchev–Trinajstić information content (AvgIpc) is 3.67. The third-order valence-corrected chi connectivity index (χ3v) is 8.25. The summed E-state index contributed by atoms with van der Waals surface area (Å²) < 4.78 is 80.5. The van der Waals surface area contributed by atoms with E-state index in [0.717, 1.165) is 24.5 Å². The number of carbonyl (C=O) groups is 1. The molecule has 1 aliphatic rings. The monoisotopic (exact) mass is 704 g/mol. The normalized spacial score (nSPS) is 21.3. The lowest BCUT2D eigenvalue weighted by atomic mass is 9.81. The predicted octanol–water partition coefficient (Wildman–Crippen LogP) is 4.96. The number of imidazole rings is 2. The smallest absolute Gasteiger partial charge is 0.416 e. The molecule has 0 spiro atoms. The van der Waals surface area contributed by atoms with E-state index in [4.69, 9.17) is 9.47 Å². The highest BCUT2D eigenvalue weighted by Crippen LogP contribution is 2.39. The molecule has 3 heterocycles. The maximum atomic E-state index is 13.9. The number of carboxylic acid groups (broad SMARTS) is 1. The molecule has 6 rings (SSSR count). The van der Waals surface area contributed by atoms with Gasteiger partial charge in [0.25, 0.3) is 5.92 Å². The van der Waals surface area contributed by atoms with Gasteiger partial charge in [-0.25, -0.2) is 15.0 Å². The van der Waals surface area contributed by atoms with E-state index in [2.05, 4.69) is 25.3 Å². The maximum absolute atomic E-state index is 13.9. The van der Waals surface area contributed by atoms with E-state index in [0.29, 0.717) is 29.6 Å². The number of nitrogens with zero attached hydrogens (tertiary/aromatic N) is 4. The fourth-order valence-corrected chi connectivity index (χ4v) is 5.47. The van der Waals surface area contributed by atoms with Gasteiger partial charge in [-0.3, -0.25) is 4.79 Å². The number of aryl methyl sites for hydroxylation is 1. The van der Waals surface area contributed by atoms with Crippen LogP contribution in [-0.2, 0) is 23.9 Å². The Hall–Kier alpha value is -5.33. The third-order valence-electron chi connectivity index (χ3n) is 8.25. The molecule has 5 unspecified atom stereocenters. The summed E-state index contributed by atoms with van der Waals surface area (Å²) in [5.74, 6) is -5.88. The number of aliphatic carboxylic acids is 1. The molecule has 264 valence electrons. The van der Waals surface area contributed by atoms with E-state index >= 15 is 0 Å². The molecule has 3 aromatic heterocycles. The Bertz CT molecular complexity index is 2030. The van der Waals surface area contributed by atoms with E-state index in [1.54, 1.807) is 23.7 Å². The number of hydrogen-bond donors (Lipinski definition) is 6. The molecule has 2 aromatic carbocycles. The zero-order chi connectivity index (χ0) is 36.1. The van der Waals surface area contributed by atoms with Crippen LogP contribution in [0.25, 0.3) is 22.6 Å². The number of benzene rings is 2. The zero-order valence-electron chi connectivity index (χ0n) is 26.1. The number of anilines is 2. The number of carboxylic acids is 1. The Morgan fingerprint density at radius 3 is 2.32 bits per heavy atom. The van der Waals surface area contributed by atoms with E-state index in [-0.39, 0.29) is 28.8 Å². The summed E-state index contributed by atoms with van der Waals surface area (Å²) in [5, 5.41) is 43.6. The minimum atomic E-state index is -4.49. The minimum Gasteiger partial charge on any atom is -0.482 e. The molecule has 5 aromatic rings. The molecule has 0 bridgehead atoms. The van der Waals surface area contributed by atoms with Crippen LogP contribution in [0.1, 0.15) is 24.6 Å². The number of fused-ring (bicyclic) bond motifs is 1. The van der Waals surface area contributed by atoms with E-state index < -0.39 is 66.1 Å². The summed E-state index contributed by atoms with van der Waals surface area (Å²) in [7, 11) is 1.69. The van der Waals surface area contributed by atoms with Gasteiger partial charge < -0.3 is 44.8 Å². The molecule has 6 N–H and O–H groups in total. The molecule has 0 aliphatic heterocycles. The summed E-state index contributed by atoms with van der Waals surface area (Å²) in [4.78, 5) is 26.9. The number of nitrogens with one attached hydrogen (secondary N) is 2. The number of ether oxygens (including phenoxy) is 2. The topological polar surface area (TPSA) is 188 Å². The number of alkyl halides is 5. The highest BCUT2D eigenvalue weighted by atomic mass is 19.4. The second-order valence-electron chi connectivity index (χ2n) is 11.8. The Labute approximate surface area is 279 Å². The molecule has 13 nitrogen and oxygen atoms in total. The minimum absolute atomic E-state index is 0.0423. The molecule has 0 saturated heterocycles. The van der Waals surface area contributed by atoms with Crippen LogP contribution in [-0.4, -0.2) is 75.3 Å². The largest absolute Gasteiger partial charge is 0.482 e. The number of aliphatic hydroxyl groups is 3. The van der Waals surface area contributed by atoms with Crippen LogP contribution in [0.2, 0.25) is 0 Å². The fourth-order valence-electron chi connectivity index (χ4n) is 5.47. The number of hydrogen-bond acceptors (Lipinski definition) is 10. The molecule has 5 atom stereocenters. The Morgan fingerprint density at radius 1 is 0.960 bits per heavy atom. The van der Waals surface area contributed by atoms with Crippen LogP contribution in [0.5, 0.6) is 17.2 Å². The molecule has 18 heteroatoms.